The zero-order valence-electron chi connectivity index (χ0n) is 8.24. The van der Waals surface area contributed by atoms with Gasteiger partial charge in [0, 0.05) is 19.2 Å². The molecule has 1 aromatic carbocycles. The van der Waals surface area contributed by atoms with Crippen molar-refractivity contribution in [1.82, 2.24) is 5.32 Å². The lowest BCUT2D eigenvalue weighted by molar-refractivity contribution is 0.171. The maximum absolute atomic E-state index is 5.32. The van der Waals surface area contributed by atoms with Crippen LogP contribution in [0.25, 0.3) is 0 Å². The Balaban J connectivity index is 2.43. The van der Waals surface area contributed by atoms with E-state index in [1.807, 2.05) is 12.1 Å². The van der Waals surface area contributed by atoms with Gasteiger partial charge >= 0.3 is 0 Å². The fraction of sp³-hybridized carbons (Fsp3) is 0.400. The summed E-state index contributed by atoms with van der Waals surface area (Å²) in [5, 5.41) is 4.06. The number of nitrogens with zero attached hydrogens (tertiary/aromatic N) is 1. The Labute approximate surface area is 82.8 Å². The van der Waals surface area contributed by atoms with E-state index >= 15 is 0 Å². The van der Waals surface area contributed by atoms with E-state index in [0.29, 0.717) is 12.3 Å². The summed E-state index contributed by atoms with van der Waals surface area (Å²) in [6, 6.07) is 3.82. The van der Waals surface area contributed by atoms with Crippen LogP contribution < -0.4 is 19.5 Å². The molecule has 14 heavy (non-hydrogen) atoms. The monoisotopic (exact) mass is 194 g/mol. The number of benzene rings is 1. The molecule has 0 amide bonds. The molecule has 0 spiro atoms. The first-order valence-electron chi connectivity index (χ1n) is 4.38. The normalized spacial score (nSPS) is 13.0. The molecule has 0 fully saturated rings. The largest absolute Gasteiger partial charge is 0.492 e. The van der Waals surface area contributed by atoms with Crippen LogP contribution in [0.5, 0.6) is 17.2 Å². The summed E-state index contributed by atoms with van der Waals surface area (Å²) in [6.45, 7) is 0.887. The van der Waals surface area contributed by atoms with Gasteiger partial charge in [0.15, 0.2) is 11.5 Å². The van der Waals surface area contributed by atoms with Crippen LogP contribution in [0.3, 0.4) is 0 Å². The van der Waals surface area contributed by atoms with Gasteiger partial charge in [0.1, 0.15) is 0 Å². The van der Waals surface area contributed by atoms with E-state index < -0.39 is 0 Å². The minimum atomic E-state index is 0.262. The molecule has 0 aromatic heterocycles. The van der Waals surface area contributed by atoms with Gasteiger partial charge in [0.2, 0.25) is 12.5 Å². The molecule has 2 rings (SSSR count). The molecule has 0 saturated carbocycles. The minimum absolute atomic E-state index is 0.262. The van der Waals surface area contributed by atoms with Gasteiger partial charge in [-0.3, -0.25) is 0 Å². The van der Waals surface area contributed by atoms with Gasteiger partial charge in [-0.1, -0.05) is 6.07 Å². The first-order valence-corrected chi connectivity index (χ1v) is 4.38. The SMILES string of the molecule is C[N]Cc1ccc2c(c1OC)OCO2. The second-order valence-corrected chi connectivity index (χ2v) is 2.97. The fourth-order valence-corrected chi connectivity index (χ4v) is 1.51. The highest BCUT2D eigenvalue weighted by atomic mass is 16.7. The second-order valence-electron chi connectivity index (χ2n) is 2.97. The predicted octanol–water partition coefficient (Wildman–Crippen LogP) is 1.16. The van der Waals surface area contributed by atoms with Crippen LogP contribution in [0.2, 0.25) is 0 Å². The molecule has 1 aromatic rings. The molecule has 1 aliphatic rings. The molecule has 1 heterocycles. The van der Waals surface area contributed by atoms with Crippen molar-refractivity contribution in [3.05, 3.63) is 17.7 Å². The maximum Gasteiger partial charge on any atom is 0.231 e. The van der Waals surface area contributed by atoms with Crippen LogP contribution in [0.15, 0.2) is 12.1 Å². The lowest BCUT2D eigenvalue weighted by Gasteiger charge is -2.09. The summed E-state index contributed by atoms with van der Waals surface area (Å²) in [5.74, 6) is 2.15. The lowest BCUT2D eigenvalue weighted by Crippen LogP contribution is -2.00. The molecule has 0 saturated heterocycles. The van der Waals surface area contributed by atoms with E-state index in [1.165, 1.54) is 0 Å². The fourth-order valence-electron chi connectivity index (χ4n) is 1.51. The summed E-state index contributed by atoms with van der Waals surface area (Å²) in [5.41, 5.74) is 1.01. The molecule has 4 heteroatoms. The van der Waals surface area contributed by atoms with Crippen molar-refractivity contribution in [1.29, 1.82) is 0 Å². The molecule has 4 nitrogen and oxygen atoms in total. The van der Waals surface area contributed by atoms with Crippen LogP contribution >= 0.6 is 0 Å². The summed E-state index contributed by atoms with van der Waals surface area (Å²) < 4.78 is 15.8. The Morgan fingerprint density at radius 1 is 1.43 bits per heavy atom. The average molecular weight is 194 g/mol. The van der Waals surface area contributed by atoms with Crippen molar-refractivity contribution in [2.24, 2.45) is 0 Å². The summed E-state index contributed by atoms with van der Waals surface area (Å²) in [4.78, 5) is 0. The van der Waals surface area contributed by atoms with E-state index in [9.17, 15) is 0 Å². The van der Waals surface area contributed by atoms with E-state index in [1.54, 1.807) is 14.2 Å². The molecule has 0 unspecified atom stereocenters. The Morgan fingerprint density at radius 2 is 2.29 bits per heavy atom. The van der Waals surface area contributed by atoms with Crippen LogP contribution in [0, 0.1) is 0 Å². The number of methoxy groups -OCH3 is 1. The van der Waals surface area contributed by atoms with E-state index in [2.05, 4.69) is 5.32 Å². The van der Waals surface area contributed by atoms with E-state index in [0.717, 1.165) is 17.1 Å². The van der Waals surface area contributed by atoms with Gasteiger partial charge in [-0.15, -0.1) is 0 Å². The molecule has 0 atom stereocenters. The summed E-state index contributed by atoms with van der Waals surface area (Å²) >= 11 is 0. The van der Waals surface area contributed by atoms with Gasteiger partial charge in [-0.05, 0) is 6.07 Å². The van der Waals surface area contributed by atoms with Gasteiger partial charge in [-0.25, -0.2) is 5.32 Å². The average Bonchev–Trinajstić information content (AvgIpc) is 2.66. The van der Waals surface area contributed by atoms with Gasteiger partial charge in [0.05, 0.1) is 7.11 Å². The Bertz CT molecular complexity index is 338. The van der Waals surface area contributed by atoms with Crippen molar-refractivity contribution in [2.45, 2.75) is 6.54 Å². The molecule has 1 aliphatic heterocycles. The number of fused-ring (bicyclic) bond motifs is 1. The first kappa shape index (κ1) is 9.15. The summed E-state index contributed by atoms with van der Waals surface area (Å²) in [7, 11) is 3.39. The molecule has 0 bridgehead atoms. The number of rotatable bonds is 3. The Kier molecular flexibility index (Phi) is 2.45. The standard InChI is InChI=1S/C10H12NO3/c1-11-5-7-3-4-8-10(9(7)12-2)14-6-13-8/h3-4H,5-6H2,1-2H3. The number of hydrogen-bond acceptors (Lipinski definition) is 3. The quantitative estimate of drug-likeness (QED) is 0.725. The molecular weight excluding hydrogens is 182 g/mol. The highest BCUT2D eigenvalue weighted by Gasteiger charge is 2.21. The first-order chi connectivity index (χ1) is 6.86. The predicted molar refractivity (Wildman–Crippen MR) is 50.9 cm³/mol. The van der Waals surface area contributed by atoms with Gasteiger partial charge in [-0.2, -0.15) is 0 Å². The van der Waals surface area contributed by atoms with Crippen molar-refractivity contribution in [3.63, 3.8) is 0 Å². The summed E-state index contributed by atoms with van der Waals surface area (Å²) in [6.07, 6.45) is 0. The van der Waals surface area contributed by atoms with Crippen LogP contribution in [-0.2, 0) is 6.54 Å². The van der Waals surface area contributed by atoms with Gasteiger partial charge in [0.25, 0.3) is 0 Å². The van der Waals surface area contributed by atoms with Gasteiger partial charge < -0.3 is 14.2 Å². The topological polar surface area (TPSA) is 41.8 Å². The van der Waals surface area contributed by atoms with Crippen LogP contribution in [0.4, 0.5) is 0 Å². The third kappa shape index (κ3) is 1.37. The highest BCUT2D eigenvalue weighted by Crippen LogP contribution is 2.42. The lowest BCUT2D eigenvalue weighted by atomic mass is 10.1. The maximum atomic E-state index is 5.32. The zero-order chi connectivity index (χ0) is 9.97. The third-order valence-electron chi connectivity index (χ3n) is 2.11. The molecular formula is C10H12NO3. The Hall–Kier alpha value is -1.42. The minimum Gasteiger partial charge on any atom is -0.492 e. The third-order valence-corrected chi connectivity index (χ3v) is 2.11. The molecule has 0 N–H and O–H groups in total. The second kappa shape index (κ2) is 3.75. The van der Waals surface area contributed by atoms with Crippen molar-refractivity contribution < 1.29 is 14.2 Å². The Morgan fingerprint density at radius 3 is 3.00 bits per heavy atom. The highest BCUT2D eigenvalue weighted by molar-refractivity contribution is 5.56. The van der Waals surface area contributed by atoms with Crippen molar-refractivity contribution in [3.8, 4) is 17.2 Å². The molecule has 1 radical (unpaired) electrons. The smallest absolute Gasteiger partial charge is 0.231 e. The van der Waals surface area contributed by atoms with Crippen molar-refractivity contribution in [2.75, 3.05) is 21.0 Å². The molecule has 0 aliphatic carbocycles. The van der Waals surface area contributed by atoms with Crippen LogP contribution in [0.1, 0.15) is 5.56 Å². The van der Waals surface area contributed by atoms with E-state index in [4.69, 9.17) is 14.2 Å². The number of hydrogen-bond donors (Lipinski definition) is 0. The zero-order valence-corrected chi connectivity index (χ0v) is 8.24. The molecule has 75 valence electrons. The van der Waals surface area contributed by atoms with E-state index in [-0.39, 0.29) is 6.79 Å². The van der Waals surface area contributed by atoms with Crippen molar-refractivity contribution >= 4 is 0 Å². The number of ether oxygens (including phenoxy) is 3. The van der Waals surface area contributed by atoms with Crippen LogP contribution in [-0.4, -0.2) is 21.0 Å².